The number of nitrogens with zero attached hydrogens (tertiary/aromatic N) is 1. The predicted molar refractivity (Wildman–Crippen MR) is 58.3 cm³/mol. The van der Waals surface area contributed by atoms with E-state index in [1.54, 1.807) is 0 Å². The fourth-order valence-corrected chi connectivity index (χ4v) is 1.70. The molecule has 3 N–H and O–H groups in total. The summed E-state index contributed by atoms with van der Waals surface area (Å²) in [6.07, 6.45) is 0. The maximum Gasteiger partial charge on any atom is 0.240 e. The van der Waals surface area contributed by atoms with Crippen LogP contribution in [0.15, 0.2) is 22.7 Å². The third-order valence-electron chi connectivity index (χ3n) is 1.87. The van der Waals surface area contributed by atoms with Gasteiger partial charge in [-0.15, -0.1) is 5.10 Å². The van der Waals surface area contributed by atoms with Crippen LogP contribution in [0.25, 0.3) is 10.9 Å². The van der Waals surface area contributed by atoms with E-state index in [9.17, 15) is 0 Å². The van der Waals surface area contributed by atoms with Gasteiger partial charge in [0.2, 0.25) is 5.88 Å². The lowest BCUT2D eigenvalue weighted by atomic mass is 10.2. The lowest BCUT2D eigenvalue weighted by Gasteiger charge is -1.99. The molecule has 2 rings (SSSR count). The Morgan fingerprint density at radius 1 is 1.50 bits per heavy atom. The van der Waals surface area contributed by atoms with Crippen molar-refractivity contribution in [1.29, 1.82) is 0 Å². The van der Waals surface area contributed by atoms with Crippen LogP contribution in [-0.4, -0.2) is 23.3 Å². The van der Waals surface area contributed by atoms with Crippen molar-refractivity contribution in [1.82, 2.24) is 10.2 Å². The van der Waals surface area contributed by atoms with Crippen molar-refractivity contribution in [3.63, 3.8) is 0 Å². The molecule has 4 nitrogen and oxygen atoms in total. The van der Waals surface area contributed by atoms with Crippen LogP contribution in [0.1, 0.15) is 0 Å². The van der Waals surface area contributed by atoms with Crippen LogP contribution in [0.2, 0.25) is 0 Å². The Labute approximate surface area is 89.6 Å². The van der Waals surface area contributed by atoms with Gasteiger partial charge in [0.25, 0.3) is 0 Å². The Hall–Kier alpha value is -1.07. The SMILES string of the molecule is NCCOc1n[nH]c2c(Br)cccc12. The van der Waals surface area contributed by atoms with Crippen LogP contribution in [0, 0.1) is 0 Å². The molecule has 0 fully saturated rings. The summed E-state index contributed by atoms with van der Waals surface area (Å²) in [4.78, 5) is 0. The number of aromatic amines is 1. The first-order valence-corrected chi connectivity index (χ1v) is 5.07. The summed E-state index contributed by atoms with van der Waals surface area (Å²) < 4.78 is 6.35. The topological polar surface area (TPSA) is 63.9 Å². The van der Waals surface area contributed by atoms with Crippen molar-refractivity contribution in [3.8, 4) is 5.88 Å². The van der Waals surface area contributed by atoms with Crippen molar-refractivity contribution < 1.29 is 4.74 Å². The third-order valence-corrected chi connectivity index (χ3v) is 2.53. The molecule has 0 spiro atoms. The number of hydrogen-bond donors (Lipinski definition) is 2. The number of aromatic nitrogens is 2. The largest absolute Gasteiger partial charge is 0.475 e. The van der Waals surface area contributed by atoms with Crippen LogP contribution in [0.4, 0.5) is 0 Å². The zero-order valence-corrected chi connectivity index (χ0v) is 9.04. The second-order valence-corrected chi connectivity index (χ2v) is 3.68. The summed E-state index contributed by atoms with van der Waals surface area (Å²) in [5.74, 6) is 0.603. The molecule has 0 aliphatic carbocycles. The van der Waals surface area contributed by atoms with Gasteiger partial charge in [0.1, 0.15) is 6.61 Å². The summed E-state index contributed by atoms with van der Waals surface area (Å²) in [5.41, 5.74) is 6.29. The fourth-order valence-electron chi connectivity index (χ4n) is 1.25. The highest BCUT2D eigenvalue weighted by Crippen LogP contribution is 2.27. The molecule has 0 bridgehead atoms. The Morgan fingerprint density at radius 2 is 2.36 bits per heavy atom. The molecule has 5 heteroatoms. The maximum atomic E-state index is 5.38. The highest BCUT2D eigenvalue weighted by molar-refractivity contribution is 9.10. The Balaban J connectivity index is 2.42. The van der Waals surface area contributed by atoms with Crippen molar-refractivity contribution >= 4 is 26.8 Å². The first-order chi connectivity index (χ1) is 6.83. The normalized spacial score (nSPS) is 10.7. The van der Waals surface area contributed by atoms with Gasteiger partial charge in [-0.2, -0.15) is 0 Å². The highest BCUT2D eigenvalue weighted by Gasteiger charge is 2.07. The lowest BCUT2D eigenvalue weighted by molar-refractivity contribution is 0.318. The lowest BCUT2D eigenvalue weighted by Crippen LogP contribution is -2.10. The number of ether oxygens (including phenoxy) is 1. The standard InChI is InChI=1S/C9H10BrN3O/c10-7-3-1-2-6-8(7)12-13-9(6)14-5-4-11/h1-3H,4-5,11H2,(H,12,13). The second kappa shape index (κ2) is 3.98. The average Bonchev–Trinajstić information content (AvgIpc) is 2.60. The predicted octanol–water partition coefficient (Wildman–Crippen LogP) is 1.66. The molecule has 0 aliphatic rings. The Morgan fingerprint density at radius 3 is 3.14 bits per heavy atom. The first kappa shape index (κ1) is 9.48. The molecule has 0 radical (unpaired) electrons. The molecular formula is C9H10BrN3O. The van der Waals surface area contributed by atoms with Crippen LogP contribution >= 0.6 is 15.9 Å². The van der Waals surface area contributed by atoms with Gasteiger partial charge in [0.05, 0.1) is 10.9 Å². The van der Waals surface area contributed by atoms with Crippen molar-refractivity contribution in [2.24, 2.45) is 5.73 Å². The molecule has 1 aromatic carbocycles. The number of nitrogens with one attached hydrogen (secondary N) is 1. The number of H-pyrrole nitrogens is 1. The quantitative estimate of drug-likeness (QED) is 0.877. The van der Waals surface area contributed by atoms with E-state index < -0.39 is 0 Å². The number of para-hydroxylation sites is 1. The zero-order chi connectivity index (χ0) is 9.97. The number of hydrogen-bond acceptors (Lipinski definition) is 3. The van der Waals surface area contributed by atoms with E-state index in [1.165, 1.54) is 0 Å². The van der Waals surface area contributed by atoms with Crippen LogP contribution in [0.3, 0.4) is 0 Å². The summed E-state index contributed by atoms with van der Waals surface area (Å²) in [6, 6.07) is 5.85. The minimum Gasteiger partial charge on any atom is -0.475 e. The minimum absolute atomic E-state index is 0.479. The molecule has 74 valence electrons. The van der Waals surface area contributed by atoms with Gasteiger partial charge in [0, 0.05) is 11.0 Å². The molecule has 0 saturated carbocycles. The van der Waals surface area contributed by atoms with E-state index in [-0.39, 0.29) is 0 Å². The summed E-state index contributed by atoms with van der Waals surface area (Å²) in [7, 11) is 0. The van der Waals surface area contributed by atoms with Crippen molar-refractivity contribution in [2.45, 2.75) is 0 Å². The number of benzene rings is 1. The smallest absolute Gasteiger partial charge is 0.240 e. The average molecular weight is 256 g/mol. The zero-order valence-electron chi connectivity index (χ0n) is 7.46. The van der Waals surface area contributed by atoms with E-state index in [2.05, 4.69) is 26.1 Å². The molecule has 14 heavy (non-hydrogen) atoms. The van der Waals surface area contributed by atoms with Gasteiger partial charge in [-0.1, -0.05) is 6.07 Å². The van der Waals surface area contributed by atoms with Gasteiger partial charge in [0.15, 0.2) is 0 Å². The Kier molecular flexibility index (Phi) is 2.69. The maximum absolute atomic E-state index is 5.38. The molecule has 0 amide bonds. The number of nitrogens with two attached hydrogens (primary N) is 1. The van der Waals surface area contributed by atoms with Crippen LogP contribution in [0.5, 0.6) is 5.88 Å². The fraction of sp³-hybridized carbons (Fsp3) is 0.222. The molecule has 1 aromatic heterocycles. The molecule has 2 aromatic rings. The number of fused-ring (bicyclic) bond motifs is 1. The van der Waals surface area contributed by atoms with Crippen LogP contribution in [-0.2, 0) is 0 Å². The monoisotopic (exact) mass is 255 g/mol. The summed E-state index contributed by atoms with van der Waals surface area (Å²) in [6.45, 7) is 0.967. The van der Waals surface area contributed by atoms with E-state index in [1.807, 2.05) is 18.2 Å². The minimum atomic E-state index is 0.479. The van der Waals surface area contributed by atoms with Gasteiger partial charge in [-0.25, -0.2) is 0 Å². The third kappa shape index (κ3) is 1.60. The van der Waals surface area contributed by atoms with E-state index in [4.69, 9.17) is 10.5 Å². The number of rotatable bonds is 3. The highest BCUT2D eigenvalue weighted by atomic mass is 79.9. The summed E-state index contributed by atoms with van der Waals surface area (Å²) >= 11 is 3.43. The van der Waals surface area contributed by atoms with E-state index >= 15 is 0 Å². The molecule has 1 heterocycles. The molecule has 0 aliphatic heterocycles. The first-order valence-electron chi connectivity index (χ1n) is 4.28. The second-order valence-electron chi connectivity index (χ2n) is 2.83. The van der Waals surface area contributed by atoms with Crippen molar-refractivity contribution in [3.05, 3.63) is 22.7 Å². The van der Waals surface area contributed by atoms with Gasteiger partial charge in [-0.05, 0) is 28.1 Å². The molecule has 0 unspecified atom stereocenters. The van der Waals surface area contributed by atoms with E-state index in [0.717, 1.165) is 15.4 Å². The van der Waals surface area contributed by atoms with Crippen molar-refractivity contribution in [2.75, 3.05) is 13.2 Å². The molecular weight excluding hydrogens is 246 g/mol. The van der Waals surface area contributed by atoms with Gasteiger partial charge >= 0.3 is 0 Å². The molecule has 0 atom stereocenters. The Bertz CT molecular complexity index is 441. The number of halogens is 1. The van der Waals surface area contributed by atoms with E-state index in [0.29, 0.717) is 19.0 Å². The molecule has 0 saturated heterocycles. The van der Waals surface area contributed by atoms with Crippen LogP contribution < -0.4 is 10.5 Å². The summed E-state index contributed by atoms with van der Waals surface area (Å²) in [5, 5.41) is 7.93. The van der Waals surface area contributed by atoms with Gasteiger partial charge in [-0.3, -0.25) is 5.10 Å². The van der Waals surface area contributed by atoms with Gasteiger partial charge < -0.3 is 10.5 Å².